The Morgan fingerprint density at radius 1 is 1.32 bits per heavy atom. The van der Waals surface area contributed by atoms with Crippen molar-refractivity contribution in [1.82, 2.24) is 15.5 Å². The van der Waals surface area contributed by atoms with Gasteiger partial charge in [0.2, 0.25) is 12.3 Å². The van der Waals surface area contributed by atoms with Crippen molar-refractivity contribution in [3.05, 3.63) is 42.0 Å². The molecule has 2 aromatic rings. The Hall–Kier alpha value is -2.37. The van der Waals surface area contributed by atoms with Crippen molar-refractivity contribution in [2.75, 3.05) is 12.3 Å². The van der Waals surface area contributed by atoms with Gasteiger partial charge < -0.3 is 15.6 Å². The van der Waals surface area contributed by atoms with Crippen molar-refractivity contribution in [3.8, 4) is 0 Å². The lowest BCUT2D eigenvalue weighted by atomic mass is 10.1. The quantitative estimate of drug-likeness (QED) is 0.754. The molecular weight excluding hydrogens is 244 g/mol. The maximum Gasteiger partial charge on any atom is 0.220 e. The molecule has 19 heavy (non-hydrogen) atoms. The maximum absolute atomic E-state index is 11.6. The van der Waals surface area contributed by atoms with Crippen LogP contribution in [0.15, 0.2) is 35.2 Å². The molecule has 1 heterocycles. The molecule has 0 atom stereocenters. The highest BCUT2D eigenvalue weighted by Crippen LogP contribution is 2.12. The summed E-state index contributed by atoms with van der Waals surface area (Å²) in [4.78, 5) is 15.5. The van der Waals surface area contributed by atoms with E-state index in [1.165, 1.54) is 6.39 Å². The van der Waals surface area contributed by atoms with Crippen molar-refractivity contribution in [2.24, 2.45) is 0 Å². The van der Waals surface area contributed by atoms with Gasteiger partial charge in [-0.3, -0.25) is 4.79 Å². The Morgan fingerprint density at radius 2 is 2.16 bits per heavy atom. The minimum atomic E-state index is -0.00764. The third-order valence-electron chi connectivity index (χ3n) is 2.75. The molecule has 3 N–H and O–H groups in total. The number of rotatable bonds is 6. The molecule has 0 aliphatic carbocycles. The zero-order valence-electron chi connectivity index (χ0n) is 10.5. The molecule has 0 radical (unpaired) electrons. The molecular formula is C13H16N4O2. The molecule has 0 fully saturated rings. The average molecular weight is 260 g/mol. The van der Waals surface area contributed by atoms with Crippen LogP contribution in [-0.4, -0.2) is 22.6 Å². The third kappa shape index (κ3) is 4.09. The lowest BCUT2D eigenvalue weighted by molar-refractivity contribution is -0.121. The van der Waals surface area contributed by atoms with Crippen molar-refractivity contribution in [1.29, 1.82) is 0 Å². The maximum atomic E-state index is 11.6. The summed E-state index contributed by atoms with van der Waals surface area (Å²) < 4.78 is 4.60. The van der Waals surface area contributed by atoms with Crippen LogP contribution in [0.25, 0.3) is 0 Å². The Labute approximate surface area is 111 Å². The molecule has 0 aliphatic rings. The van der Waals surface area contributed by atoms with Crippen LogP contribution in [0.3, 0.4) is 0 Å². The van der Waals surface area contributed by atoms with Crippen LogP contribution in [0, 0.1) is 0 Å². The minimum Gasteiger partial charge on any atom is -0.399 e. The molecule has 0 spiro atoms. The number of carbonyl (C=O) groups is 1. The Bertz CT molecular complexity index is 525. The summed E-state index contributed by atoms with van der Waals surface area (Å²) in [5.74, 6) is 0.583. The van der Waals surface area contributed by atoms with Crippen LogP contribution < -0.4 is 11.1 Å². The third-order valence-corrected chi connectivity index (χ3v) is 2.75. The molecule has 1 aromatic heterocycles. The molecule has 100 valence electrons. The lowest BCUT2D eigenvalue weighted by Crippen LogP contribution is -2.26. The average Bonchev–Trinajstić information content (AvgIpc) is 2.91. The van der Waals surface area contributed by atoms with Crippen LogP contribution in [0.1, 0.15) is 17.8 Å². The zero-order chi connectivity index (χ0) is 13.5. The minimum absolute atomic E-state index is 0.00764. The van der Waals surface area contributed by atoms with Crippen LogP contribution in [0.4, 0.5) is 5.69 Å². The molecule has 1 aromatic carbocycles. The van der Waals surface area contributed by atoms with Gasteiger partial charge in [-0.15, -0.1) is 0 Å². The second-order valence-electron chi connectivity index (χ2n) is 4.15. The van der Waals surface area contributed by atoms with Crippen molar-refractivity contribution < 1.29 is 9.32 Å². The Morgan fingerprint density at radius 3 is 2.89 bits per heavy atom. The smallest absolute Gasteiger partial charge is 0.220 e. The van der Waals surface area contributed by atoms with Gasteiger partial charge in [0.1, 0.15) is 0 Å². The first kappa shape index (κ1) is 13.1. The fourth-order valence-corrected chi connectivity index (χ4v) is 1.71. The first-order valence-corrected chi connectivity index (χ1v) is 6.11. The first-order chi connectivity index (χ1) is 9.25. The van der Waals surface area contributed by atoms with Gasteiger partial charge in [-0.25, -0.2) is 0 Å². The van der Waals surface area contributed by atoms with Crippen molar-refractivity contribution in [3.63, 3.8) is 0 Å². The number of nitrogens with zero attached hydrogens (tertiary/aromatic N) is 2. The van der Waals surface area contributed by atoms with Gasteiger partial charge in [-0.1, -0.05) is 23.4 Å². The van der Waals surface area contributed by atoms with E-state index in [9.17, 15) is 4.79 Å². The molecule has 1 amide bonds. The predicted molar refractivity (Wildman–Crippen MR) is 70.2 cm³/mol. The van der Waals surface area contributed by atoms with E-state index in [4.69, 9.17) is 5.73 Å². The Balaban J connectivity index is 1.69. The molecule has 0 bridgehead atoms. The number of hydrogen-bond donors (Lipinski definition) is 2. The fourth-order valence-electron chi connectivity index (χ4n) is 1.71. The summed E-state index contributed by atoms with van der Waals surface area (Å²) in [6.45, 7) is 0.503. The highest BCUT2D eigenvalue weighted by atomic mass is 16.5. The van der Waals surface area contributed by atoms with Gasteiger partial charge >= 0.3 is 0 Å². The number of para-hydroxylation sites is 1. The van der Waals surface area contributed by atoms with Crippen LogP contribution in [0.5, 0.6) is 0 Å². The topological polar surface area (TPSA) is 94.0 Å². The Kier molecular flexibility index (Phi) is 4.49. The largest absolute Gasteiger partial charge is 0.399 e. The van der Waals surface area contributed by atoms with E-state index in [-0.39, 0.29) is 5.91 Å². The van der Waals surface area contributed by atoms with E-state index >= 15 is 0 Å². The number of hydrogen-bond acceptors (Lipinski definition) is 5. The number of nitrogens with one attached hydrogen (secondary N) is 1. The summed E-state index contributed by atoms with van der Waals surface area (Å²) in [6, 6.07) is 7.56. The number of nitrogen functional groups attached to an aromatic ring is 1. The summed E-state index contributed by atoms with van der Waals surface area (Å²) in [5.41, 5.74) is 7.53. The summed E-state index contributed by atoms with van der Waals surface area (Å²) in [6.07, 6.45) is 2.90. The van der Waals surface area contributed by atoms with E-state index in [0.717, 1.165) is 11.3 Å². The SMILES string of the molecule is Nc1ccccc1CCC(=O)NCCc1ncon1. The van der Waals surface area contributed by atoms with E-state index < -0.39 is 0 Å². The monoisotopic (exact) mass is 260 g/mol. The number of amides is 1. The molecule has 0 aliphatic heterocycles. The molecule has 6 nitrogen and oxygen atoms in total. The number of benzene rings is 1. The summed E-state index contributed by atoms with van der Waals surface area (Å²) in [7, 11) is 0. The number of carbonyl (C=O) groups excluding carboxylic acids is 1. The van der Waals surface area contributed by atoms with E-state index in [2.05, 4.69) is 20.0 Å². The van der Waals surface area contributed by atoms with Crippen LogP contribution in [-0.2, 0) is 17.6 Å². The predicted octanol–water partition coefficient (Wildman–Crippen LogP) is 0.943. The second kappa shape index (κ2) is 6.53. The van der Waals surface area contributed by atoms with E-state index in [0.29, 0.717) is 31.6 Å². The van der Waals surface area contributed by atoms with Gasteiger partial charge in [0, 0.05) is 25.1 Å². The second-order valence-corrected chi connectivity index (χ2v) is 4.15. The highest BCUT2D eigenvalue weighted by Gasteiger charge is 2.05. The van der Waals surface area contributed by atoms with E-state index in [1.807, 2.05) is 24.3 Å². The van der Waals surface area contributed by atoms with Gasteiger partial charge in [0.15, 0.2) is 5.82 Å². The number of nitrogens with two attached hydrogens (primary N) is 1. The van der Waals surface area contributed by atoms with Gasteiger partial charge in [0.05, 0.1) is 0 Å². The van der Waals surface area contributed by atoms with E-state index in [1.54, 1.807) is 0 Å². The van der Waals surface area contributed by atoms with Gasteiger partial charge in [0.25, 0.3) is 0 Å². The molecule has 0 unspecified atom stereocenters. The number of aromatic nitrogens is 2. The molecule has 2 rings (SSSR count). The summed E-state index contributed by atoms with van der Waals surface area (Å²) >= 11 is 0. The van der Waals surface area contributed by atoms with Gasteiger partial charge in [-0.2, -0.15) is 4.98 Å². The zero-order valence-corrected chi connectivity index (χ0v) is 10.5. The molecule has 0 saturated carbocycles. The highest BCUT2D eigenvalue weighted by molar-refractivity contribution is 5.76. The van der Waals surface area contributed by atoms with Crippen molar-refractivity contribution >= 4 is 11.6 Å². The van der Waals surface area contributed by atoms with Crippen LogP contribution in [0.2, 0.25) is 0 Å². The van der Waals surface area contributed by atoms with Gasteiger partial charge in [-0.05, 0) is 18.1 Å². The first-order valence-electron chi connectivity index (χ1n) is 6.11. The normalized spacial score (nSPS) is 10.3. The summed E-state index contributed by atoms with van der Waals surface area (Å²) in [5, 5.41) is 6.47. The standard InChI is InChI=1S/C13H16N4O2/c14-11-4-2-1-3-10(11)5-6-13(18)15-8-7-12-16-9-19-17-12/h1-4,9H,5-8,14H2,(H,15,18). The fraction of sp³-hybridized carbons (Fsp3) is 0.308. The van der Waals surface area contributed by atoms with Crippen molar-refractivity contribution in [2.45, 2.75) is 19.3 Å². The molecule has 6 heteroatoms. The molecule has 0 saturated heterocycles. The van der Waals surface area contributed by atoms with Crippen LogP contribution >= 0.6 is 0 Å². The lowest BCUT2D eigenvalue weighted by Gasteiger charge is -2.06. The number of anilines is 1. The number of aryl methyl sites for hydroxylation is 1.